The molecule has 9 heteroatoms. The molecule has 1 atom stereocenters. The molecule has 1 aromatic carbocycles. The first-order chi connectivity index (χ1) is 15.8. The van der Waals surface area contributed by atoms with Crippen molar-refractivity contribution in [3.63, 3.8) is 0 Å². The van der Waals surface area contributed by atoms with Gasteiger partial charge in [0.1, 0.15) is 12.4 Å². The molecule has 1 aliphatic heterocycles. The molecule has 1 fully saturated rings. The summed E-state index contributed by atoms with van der Waals surface area (Å²) in [5.74, 6) is 0.243. The number of rotatable bonds is 5. The second-order valence-corrected chi connectivity index (χ2v) is 8.48. The Bertz CT molecular complexity index is 1230. The quantitative estimate of drug-likeness (QED) is 0.623. The predicted molar refractivity (Wildman–Crippen MR) is 124 cm³/mol. The van der Waals surface area contributed by atoms with Gasteiger partial charge in [-0.25, -0.2) is 14.6 Å². The Morgan fingerprint density at radius 2 is 1.94 bits per heavy atom. The number of aryl methyl sites for hydroxylation is 2. The fourth-order valence-corrected chi connectivity index (χ4v) is 4.09. The van der Waals surface area contributed by atoms with Crippen molar-refractivity contribution < 1.29 is 9.59 Å². The van der Waals surface area contributed by atoms with Crippen LogP contribution in [0.2, 0.25) is 0 Å². The summed E-state index contributed by atoms with van der Waals surface area (Å²) in [6, 6.07) is 9.23. The standard InChI is InChI=1S/C24H28N6O3/c1-15-16(2)28-30(24(15)33)14-21(31)29-11-7-8-18(13-29)22-25-12-20(17(3)26-22)23(32)27-19-9-5-4-6-10-19/h4-6,9-10,12,18,28H,7-8,11,13-14H2,1-3H3,(H,27,32). The normalized spacial score (nSPS) is 16.0. The van der Waals surface area contributed by atoms with Gasteiger partial charge in [0.05, 0.1) is 11.3 Å². The molecule has 2 N–H and O–H groups in total. The largest absolute Gasteiger partial charge is 0.340 e. The number of anilines is 1. The van der Waals surface area contributed by atoms with Crippen LogP contribution in [-0.4, -0.2) is 49.6 Å². The molecule has 33 heavy (non-hydrogen) atoms. The molecule has 1 aliphatic rings. The van der Waals surface area contributed by atoms with Gasteiger partial charge in [-0.1, -0.05) is 18.2 Å². The van der Waals surface area contributed by atoms with Crippen LogP contribution in [0, 0.1) is 20.8 Å². The van der Waals surface area contributed by atoms with Gasteiger partial charge in [0, 0.05) is 42.1 Å². The fourth-order valence-electron chi connectivity index (χ4n) is 4.09. The number of benzene rings is 1. The van der Waals surface area contributed by atoms with E-state index in [-0.39, 0.29) is 29.8 Å². The van der Waals surface area contributed by atoms with Crippen LogP contribution in [0.3, 0.4) is 0 Å². The third kappa shape index (κ3) is 4.87. The number of amides is 2. The van der Waals surface area contributed by atoms with Crippen LogP contribution in [0.1, 0.15) is 51.9 Å². The SMILES string of the molecule is Cc1nc(C2CCCN(C(=O)Cn3[nH]c(C)c(C)c3=O)C2)ncc1C(=O)Nc1ccccc1. The van der Waals surface area contributed by atoms with E-state index in [9.17, 15) is 14.4 Å². The van der Waals surface area contributed by atoms with Crippen molar-refractivity contribution in [2.45, 2.75) is 46.1 Å². The van der Waals surface area contributed by atoms with E-state index < -0.39 is 0 Å². The third-order valence-corrected chi connectivity index (χ3v) is 6.14. The lowest BCUT2D eigenvalue weighted by Gasteiger charge is -2.32. The molecule has 2 amide bonds. The lowest BCUT2D eigenvalue weighted by molar-refractivity contribution is -0.133. The average Bonchev–Trinajstić information content (AvgIpc) is 3.06. The van der Waals surface area contributed by atoms with Gasteiger partial charge >= 0.3 is 0 Å². The summed E-state index contributed by atoms with van der Waals surface area (Å²) in [4.78, 5) is 48.5. The predicted octanol–water partition coefficient (Wildman–Crippen LogP) is 2.55. The first kappa shape index (κ1) is 22.4. The zero-order valence-corrected chi connectivity index (χ0v) is 19.1. The van der Waals surface area contributed by atoms with Gasteiger partial charge in [0.2, 0.25) is 5.91 Å². The molecular formula is C24H28N6O3. The van der Waals surface area contributed by atoms with E-state index in [0.717, 1.165) is 18.5 Å². The maximum absolute atomic E-state index is 12.9. The molecule has 3 aromatic rings. The topological polar surface area (TPSA) is 113 Å². The molecule has 2 aromatic heterocycles. The van der Waals surface area contributed by atoms with E-state index in [1.165, 1.54) is 4.68 Å². The molecule has 0 bridgehead atoms. The Kier molecular flexibility index (Phi) is 6.39. The Morgan fingerprint density at radius 3 is 2.61 bits per heavy atom. The first-order valence-electron chi connectivity index (χ1n) is 11.1. The average molecular weight is 449 g/mol. The molecule has 0 aliphatic carbocycles. The van der Waals surface area contributed by atoms with Crippen molar-refractivity contribution in [2.75, 3.05) is 18.4 Å². The van der Waals surface area contributed by atoms with Crippen LogP contribution in [0.5, 0.6) is 0 Å². The Balaban J connectivity index is 1.44. The van der Waals surface area contributed by atoms with Gasteiger partial charge < -0.3 is 10.2 Å². The molecule has 0 saturated carbocycles. The molecule has 3 heterocycles. The van der Waals surface area contributed by atoms with E-state index >= 15 is 0 Å². The lowest BCUT2D eigenvalue weighted by Crippen LogP contribution is -2.42. The second kappa shape index (κ2) is 9.40. The lowest BCUT2D eigenvalue weighted by atomic mass is 9.96. The molecule has 172 valence electrons. The maximum atomic E-state index is 12.9. The van der Waals surface area contributed by atoms with Gasteiger partial charge in [-0.15, -0.1) is 0 Å². The van der Waals surface area contributed by atoms with Crippen LogP contribution in [0.15, 0.2) is 41.3 Å². The van der Waals surface area contributed by atoms with Crippen molar-refractivity contribution in [3.05, 3.63) is 75.2 Å². The van der Waals surface area contributed by atoms with Crippen LogP contribution < -0.4 is 10.9 Å². The number of H-pyrrole nitrogens is 1. The number of carbonyl (C=O) groups excluding carboxylic acids is 2. The number of para-hydroxylation sites is 1. The first-order valence-corrected chi connectivity index (χ1v) is 11.1. The smallest absolute Gasteiger partial charge is 0.270 e. The summed E-state index contributed by atoms with van der Waals surface area (Å²) in [6.45, 7) is 6.46. The molecule has 0 radical (unpaired) electrons. The Labute approximate surface area is 191 Å². The molecule has 1 saturated heterocycles. The molecule has 9 nitrogen and oxygen atoms in total. The van der Waals surface area contributed by atoms with Gasteiger partial charge in [-0.3, -0.25) is 19.5 Å². The molecule has 4 rings (SSSR count). The van der Waals surface area contributed by atoms with Gasteiger partial charge in [0.25, 0.3) is 11.5 Å². The fraction of sp³-hybridized carbons (Fsp3) is 0.375. The molecule has 0 spiro atoms. The molecular weight excluding hydrogens is 420 g/mol. The second-order valence-electron chi connectivity index (χ2n) is 8.48. The zero-order valence-electron chi connectivity index (χ0n) is 19.1. The third-order valence-electron chi connectivity index (χ3n) is 6.14. The number of nitrogens with zero attached hydrogens (tertiary/aromatic N) is 4. The summed E-state index contributed by atoms with van der Waals surface area (Å²) in [5.41, 5.74) is 2.95. The van der Waals surface area contributed by atoms with Crippen LogP contribution >= 0.6 is 0 Å². The van der Waals surface area contributed by atoms with E-state index in [2.05, 4.69) is 20.4 Å². The zero-order chi connectivity index (χ0) is 23.5. The minimum atomic E-state index is -0.257. The highest BCUT2D eigenvalue weighted by Gasteiger charge is 2.28. The number of aromatic amines is 1. The van der Waals surface area contributed by atoms with Gasteiger partial charge in [0.15, 0.2) is 0 Å². The van der Waals surface area contributed by atoms with Gasteiger partial charge in [-0.2, -0.15) is 0 Å². The minimum Gasteiger partial charge on any atom is -0.340 e. The van der Waals surface area contributed by atoms with E-state index in [1.54, 1.807) is 24.9 Å². The van der Waals surface area contributed by atoms with Crippen molar-refractivity contribution in [1.29, 1.82) is 0 Å². The number of likely N-dealkylation sites (tertiary alicyclic amines) is 1. The summed E-state index contributed by atoms with van der Waals surface area (Å²) < 4.78 is 1.36. The number of aromatic nitrogens is 4. The van der Waals surface area contributed by atoms with E-state index in [1.807, 2.05) is 37.3 Å². The maximum Gasteiger partial charge on any atom is 0.270 e. The minimum absolute atomic E-state index is 0.0152. The highest BCUT2D eigenvalue weighted by Crippen LogP contribution is 2.25. The van der Waals surface area contributed by atoms with Gasteiger partial charge in [-0.05, 0) is 45.7 Å². The van der Waals surface area contributed by atoms with E-state index in [0.29, 0.717) is 41.4 Å². The van der Waals surface area contributed by atoms with E-state index in [4.69, 9.17) is 0 Å². The number of carbonyl (C=O) groups is 2. The summed E-state index contributed by atoms with van der Waals surface area (Å²) in [7, 11) is 0. The Morgan fingerprint density at radius 1 is 1.18 bits per heavy atom. The van der Waals surface area contributed by atoms with Crippen LogP contribution in [-0.2, 0) is 11.3 Å². The monoisotopic (exact) mass is 448 g/mol. The number of hydrogen-bond donors (Lipinski definition) is 2. The molecule has 1 unspecified atom stereocenters. The van der Waals surface area contributed by atoms with Crippen molar-refractivity contribution >= 4 is 17.5 Å². The van der Waals surface area contributed by atoms with Crippen molar-refractivity contribution in [2.24, 2.45) is 0 Å². The van der Waals surface area contributed by atoms with Crippen LogP contribution in [0.4, 0.5) is 5.69 Å². The number of piperidine rings is 1. The highest BCUT2D eigenvalue weighted by atomic mass is 16.2. The van der Waals surface area contributed by atoms with Crippen molar-refractivity contribution in [3.8, 4) is 0 Å². The highest BCUT2D eigenvalue weighted by molar-refractivity contribution is 6.04. The Hall–Kier alpha value is -3.75. The summed E-state index contributed by atoms with van der Waals surface area (Å²) in [6.07, 6.45) is 3.24. The number of nitrogens with one attached hydrogen (secondary N) is 2. The summed E-state index contributed by atoms with van der Waals surface area (Å²) in [5, 5.41) is 5.81. The van der Waals surface area contributed by atoms with Crippen LogP contribution in [0.25, 0.3) is 0 Å². The number of hydrogen-bond acceptors (Lipinski definition) is 5. The summed E-state index contributed by atoms with van der Waals surface area (Å²) >= 11 is 0. The van der Waals surface area contributed by atoms with Crippen molar-refractivity contribution in [1.82, 2.24) is 24.6 Å².